The van der Waals surface area contributed by atoms with Crippen LogP contribution in [0.1, 0.15) is 29.9 Å². The lowest BCUT2D eigenvalue weighted by Crippen LogP contribution is -2.44. The van der Waals surface area contributed by atoms with Crippen molar-refractivity contribution in [2.75, 3.05) is 11.9 Å². The third-order valence-electron chi connectivity index (χ3n) is 5.73. The summed E-state index contributed by atoms with van der Waals surface area (Å²) in [6.07, 6.45) is -1.26. The van der Waals surface area contributed by atoms with Gasteiger partial charge >= 0.3 is 12.1 Å². The zero-order chi connectivity index (χ0) is 24.9. The van der Waals surface area contributed by atoms with Crippen molar-refractivity contribution in [2.24, 2.45) is 0 Å². The number of ether oxygens (including phenoxy) is 1. The van der Waals surface area contributed by atoms with Crippen molar-refractivity contribution in [3.05, 3.63) is 87.9 Å². The quantitative estimate of drug-likeness (QED) is 0.358. The highest BCUT2D eigenvalue weighted by molar-refractivity contribution is 6.35. The molecule has 7 nitrogen and oxygen atoms in total. The maximum absolute atomic E-state index is 12.8. The number of aliphatic carboxylic acids is 1. The first-order valence-corrected chi connectivity index (χ1v) is 11.7. The summed E-state index contributed by atoms with van der Waals surface area (Å²) in [6, 6.07) is 19.2. The van der Waals surface area contributed by atoms with E-state index in [2.05, 4.69) is 10.6 Å². The molecular weight excluding hydrogens is 491 g/mol. The molecule has 0 saturated heterocycles. The van der Waals surface area contributed by atoms with E-state index in [1.807, 2.05) is 48.5 Å². The third kappa shape index (κ3) is 5.93. The van der Waals surface area contributed by atoms with Crippen LogP contribution in [-0.4, -0.2) is 35.7 Å². The number of nitrogens with one attached hydrogen (secondary N) is 2. The first-order chi connectivity index (χ1) is 16.8. The molecule has 0 bridgehead atoms. The Bertz CT molecular complexity index is 1210. The van der Waals surface area contributed by atoms with Crippen LogP contribution in [0.3, 0.4) is 0 Å². The SMILES string of the molecule is O=C(O)CCC(NC(=O)OCC1c2ccccc2-c2ccccc21)C(=O)Nc1cc(Cl)cc(Cl)c1. The molecule has 180 valence electrons. The Morgan fingerprint density at radius 3 is 2.06 bits per heavy atom. The van der Waals surface area contributed by atoms with Gasteiger partial charge in [0.05, 0.1) is 0 Å². The molecule has 3 aromatic carbocycles. The van der Waals surface area contributed by atoms with Gasteiger partial charge in [0, 0.05) is 28.1 Å². The van der Waals surface area contributed by atoms with Crippen LogP contribution in [0.15, 0.2) is 66.7 Å². The fourth-order valence-corrected chi connectivity index (χ4v) is 4.70. The molecule has 0 aromatic heterocycles. The zero-order valence-electron chi connectivity index (χ0n) is 18.5. The van der Waals surface area contributed by atoms with E-state index in [0.717, 1.165) is 22.3 Å². The first kappa shape index (κ1) is 24.6. The minimum Gasteiger partial charge on any atom is -0.481 e. The van der Waals surface area contributed by atoms with Crippen molar-refractivity contribution in [3.63, 3.8) is 0 Å². The Hall–Kier alpha value is -3.55. The molecule has 0 heterocycles. The molecule has 35 heavy (non-hydrogen) atoms. The van der Waals surface area contributed by atoms with Gasteiger partial charge in [0.25, 0.3) is 0 Å². The molecule has 9 heteroatoms. The second-order valence-corrected chi connectivity index (χ2v) is 8.98. The van der Waals surface area contributed by atoms with E-state index in [9.17, 15) is 14.4 Å². The standard InChI is InChI=1S/C26H22Cl2N2O5/c27-15-11-16(28)13-17(12-15)29-25(33)23(9-10-24(31)32)30-26(34)35-14-22-20-7-3-1-5-18(20)19-6-2-4-8-21(19)22/h1-8,11-13,22-23H,9-10,14H2,(H,29,33)(H,30,34)(H,31,32). The minimum absolute atomic E-state index is 0.0665. The normalized spacial score (nSPS) is 12.9. The summed E-state index contributed by atoms with van der Waals surface area (Å²) >= 11 is 11.9. The largest absolute Gasteiger partial charge is 0.481 e. The van der Waals surface area contributed by atoms with Gasteiger partial charge in [0.2, 0.25) is 5.91 Å². The summed E-state index contributed by atoms with van der Waals surface area (Å²) in [6.45, 7) is 0.0665. The van der Waals surface area contributed by atoms with Gasteiger partial charge in [-0.2, -0.15) is 0 Å². The lowest BCUT2D eigenvalue weighted by Gasteiger charge is -2.19. The molecule has 4 rings (SSSR count). The summed E-state index contributed by atoms with van der Waals surface area (Å²) in [5.74, 6) is -1.85. The minimum atomic E-state index is -1.14. The first-order valence-electron chi connectivity index (χ1n) is 10.9. The van der Waals surface area contributed by atoms with Crippen LogP contribution >= 0.6 is 23.2 Å². The highest BCUT2D eigenvalue weighted by Gasteiger charge is 2.30. The van der Waals surface area contributed by atoms with Gasteiger partial charge in [-0.1, -0.05) is 71.7 Å². The molecule has 1 atom stereocenters. The van der Waals surface area contributed by atoms with E-state index in [1.54, 1.807) is 0 Å². The van der Waals surface area contributed by atoms with Crippen LogP contribution in [0.2, 0.25) is 10.0 Å². The maximum Gasteiger partial charge on any atom is 0.407 e. The van der Waals surface area contributed by atoms with E-state index >= 15 is 0 Å². The lowest BCUT2D eigenvalue weighted by molar-refractivity contribution is -0.137. The molecule has 1 aliphatic rings. The Kier molecular flexibility index (Phi) is 7.58. The Labute approximate surface area is 212 Å². The number of fused-ring (bicyclic) bond motifs is 3. The topological polar surface area (TPSA) is 105 Å². The summed E-state index contributed by atoms with van der Waals surface area (Å²) in [7, 11) is 0. The molecule has 0 fully saturated rings. The molecule has 3 aromatic rings. The average molecular weight is 513 g/mol. The summed E-state index contributed by atoms with van der Waals surface area (Å²) in [5, 5.41) is 14.8. The summed E-state index contributed by atoms with van der Waals surface area (Å²) in [4.78, 5) is 36.5. The van der Waals surface area contributed by atoms with Crippen molar-refractivity contribution in [3.8, 4) is 11.1 Å². The molecular formula is C26H22Cl2N2O5. The van der Waals surface area contributed by atoms with E-state index in [1.165, 1.54) is 18.2 Å². The highest BCUT2D eigenvalue weighted by atomic mass is 35.5. The molecule has 3 N–H and O–H groups in total. The number of benzene rings is 3. The van der Waals surface area contributed by atoms with Gasteiger partial charge in [0.15, 0.2) is 0 Å². The van der Waals surface area contributed by atoms with Crippen molar-refractivity contribution in [1.82, 2.24) is 5.32 Å². The van der Waals surface area contributed by atoms with Crippen LogP contribution in [0.4, 0.5) is 10.5 Å². The lowest BCUT2D eigenvalue weighted by atomic mass is 9.98. The van der Waals surface area contributed by atoms with Gasteiger partial charge in [-0.25, -0.2) is 4.79 Å². The smallest absolute Gasteiger partial charge is 0.407 e. The Morgan fingerprint density at radius 2 is 1.49 bits per heavy atom. The van der Waals surface area contributed by atoms with E-state index in [0.29, 0.717) is 15.7 Å². The van der Waals surface area contributed by atoms with Crippen LogP contribution in [0, 0.1) is 0 Å². The summed E-state index contributed by atoms with van der Waals surface area (Å²) < 4.78 is 5.50. The molecule has 0 spiro atoms. The number of carbonyl (C=O) groups excluding carboxylic acids is 2. The second-order valence-electron chi connectivity index (χ2n) is 8.10. The molecule has 0 aliphatic heterocycles. The van der Waals surface area contributed by atoms with Gasteiger partial charge in [0.1, 0.15) is 12.6 Å². The number of hydrogen-bond acceptors (Lipinski definition) is 4. The fourth-order valence-electron chi connectivity index (χ4n) is 4.17. The number of hydrogen-bond donors (Lipinski definition) is 3. The maximum atomic E-state index is 12.8. The van der Waals surface area contributed by atoms with Crippen LogP contribution in [-0.2, 0) is 14.3 Å². The Morgan fingerprint density at radius 1 is 0.914 bits per heavy atom. The highest BCUT2D eigenvalue weighted by Crippen LogP contribution is 2.44. The zero-order valence-corrected chi connectivity index (χ0v) is 20.0. The van der Waals surface area contributed by atoms with E-state index in [-0.39, 0.29) is 25.4 Å². The number of carboxylic acid groups (broad SMARTS) is 1. The number of carbonyl (C=O) groups is 3. The second kappa shape index (κ2) is 10.8. The van der Waals surface area contributed by atoms with E-state index in [4.69, 9.17) is 33.0 Å². The predicted molar refractivity (Wildman–Crippen MR) is 134 cm³/mol. The molecule has 2 amide bonds. The number of alkyl carbamates (subject to hydrolysis) is 1. The number of amides is 2. The summed E-state index contributed by atoms with van der Waals surface area (Å²) in [5.41, 5.74) is 4.62. The van der Waals surface area contributed by atoms with Crippen LogP contribution < -0.4 is 10.6 Å². The number of carboxylic acids is 1. The van der Waals surface area contributed by atoms with E-state index < -0.39 is 24.0 Å². The van der Waals surface area contributed by atoms with Crippen molar-refractivity contribution in [2.45, 2.75) is 24.8 Å². The number of rotatable bonds is 8. The molecule has 1 unspecified atom stereocenters. The van der Waals surface area contributed by atoms with Crippen molar-refractivity contribution >= 4 is 46.9 Å². The molecule has 0 radical (unpaired) electrons. The molecule has 0 saturated carbocycles. The van der Waals surface area contributed by atoms with Gasteiger partial charge in [-0.3, -0.25) is 9.59 Å². The van der Waals surface area contributed by atoms with Gasteiger partial charge in [-0.05, 0) is 46.9 Å². The monoisotopic (exact) mass is 512 g/mol. The van der Waals surface area contributed by atoms with Gasteiger partial charge < -0.3 is 20.5 Å². The van der Waals surface area contributed by atoms with Gasteiger partial charge in [-0.15, -0.1) is 0 Å². The number of halogens is 2. The fraction of sp³-hybridized carbons (Fsp3) is 0.192. The van der Waals surface area contributed by atoms with Crippen molar-refractivity contribution in [1.29, 1.82) is 0 Å². The third-order valence-corrected chi connectivity index (χ3v) is 6.17. The predicted octanol–water partition coefficient (Wildman–Crippen LogP) is 5.70. The number of anilines is 1. The van der Waals surface area contributed by atoms with Crippen molar-refractivity contribution < 1.29 is 24.2 Å². The van der Waals surface area contributed by atoms with Crippen LogP contribution in [0.25, 0.3) is 11.1 Å². The molecule has 1 aliphatic carbocycles. The van der Waals surface area contributed by atoms with Crippen LogP contribution in [0.5, 0.6) is 0 Å². The Balaban J connectivity index is 1.43. The average Bonchev–Trinajstić information content (AvgIpc) is 3.13.